The minimum atomic E-state index is -0.310. The summed E-state index contributed by atoms with van der Waals surface area (Å²) in [5, 5.41) is 9.33. The second-order valence-electron chi connectivity index (χ2n) is 10.4. The van der Waals surface area contributed by atoms with E-state index in [1.807, 2.05) is 19.1 Å². The highest BCUT2D eigenvalue weighted by molar-refractivity contribution is 5.86. The van der Waals surface area contributed by atoms with Crippen molar-refractivity contribution in [3.8, 4) is 6.07 Å². The fourth-order valence-corrected chi connectivity index (χ4v) is 6.73. The van der Waals surface area contributed by atoms with Gasteiger partial charge in [0.05, 0.1) is 18.2 Å². The SMILES string of the molecule is C[C@@H](CN1C[C@H]2C[C@@H]1C(=O)N2[C@@H](c1ccc(F)cc1)C1CCCC1)C(=O)N1CCC[C@H]1C#N. The van der Waals surface area contributed by atoms with E-state index in [2.05, 4.69) is 15.9 Å². The molecule has 0 aromatic heterocycles. The lowest BCUT2D eigenvalue weighted by atomic mass is 9.89. The normalized spacial score (nSPS) is 29.6. The molecular formula is C26H33FN4O2. The molecule has 2 bridgehead atoms. The van der Waals surface area contributed by atoms with Crippen molar-refractivity contribution in [3.05, 3.63) is 35.6 Å². The van der Waals surface area contributed by atoms with Gasteiger partial charge in [0, 0.05) is 31.6 Å². The van der Waals surface area contributed by atoms with Crippen molar-refractivity contribution in [1.29, 1.82) is 5.26 Å². The van der Waals surface area contributed by atoms with E-state index in [9.17, 15) is 19.2 Å². The number of carbonyl (C=O) groups is 2. The first-order valence-electron chi connectivity index (χ1n) is 12.5. The molecule has 1 aromatic carbocycles. The van der Waals surface area contributed by atoms with Gasteiger partial charge in [-0.15, -0.1) is 0 Å². The minimum absolute atomic E-state index is 0.0118. The molecule has 4 fully saturated rings. The third kappa shape index (κ3) is 4.03. The van der Waals surface area contributed by atoms with Gasteiger partial charge in [-0.25, -0.2) is 4.39 Å². The largest absolute Gasteiger partial charge is 0.330 e. The van der Waals surface area contributed by atoms with E-state index in [1.165, 1.54) is 25.0 Å². The highest BCUT2D eigenvalue weighted by Gasteiger charge is 2.53. The first-order valence-corrected chi connectivity index (χ1v) is 12.5. The number of piperazine rings is 1. The van der Waals surface area contributed by atoms with Crippen LogP contribution in [0.5, 0.6) is 0 Å². The van der Waals surface area contributed by atoms with Crippen LogP contribution in [0, 0.1) is 29.0 Å². The summed E-state index contributed by atoms with van der Waals surface area (Å²) in [6.45, 7) is 3.91. The Balaban J connectivity index is 1.29. The number of rotatable bonds is 6. The second-order valence-corrected chi connectivity index (χ2v) is 10.4. The van der Waals surface area contributed by atoms with Gasteiger partial charge >= 0.3 is 0 Å². The van der Waals surface area contributed by atoms with Crippen LogP contribution in [-0.2, 0) is 9.59 Å². The Bertz CT molecular complexity index is 939. The van der Waals surface area contributed by atoms with Crippen molar-refractivity contribution in [2.75, 3.05) is 19.6 Å². The monoisotopic (exact) mass is 452 g/mol. The van der Waals surface area contributed by atoms with Gasteiger partial charge in [-0.05, 0) is 55.7 Å². The lowest BCUT2D eigenvalue weighted by Gasteiger charge is -2.42. The second kappa shape index (κ2) is 9.06. The molecule has 1 saturated carbocycles. The Morgan fingerprint density at radius 3 is 2.58 bits per heavy atom. The van der Waals surface area contributed by atoms with Crippen LogP contribution in [0.3, 0.4) is 0 Å². The molecule has 3 saturated heterocycles. The van der Waals surface area contributed by atoms with Crippen LogP contribution in [0.15, 0.2) is 24.3 Å². The van der Waals surface area contributed by atoms with E-state index < -0.39 is 0 Å². The third-order valence-electron chi connectivity index (χ3n) is 8.29. The van der Waals surface area contributed by atoms with Gasteiger partial charge in [0.2, 0.25) is 11.8 Å². The number of nitrogens with zero attached hydrogens (tertiary/aromatic N) is 4. The molecular weight excluding hydrogens is 419 g/mol. The quantitative estimate of drug-likeness (QED) is 0.663. The van der Waals surface area contributed by atoms with E-state index >= 15 is 0 Å². The number of hydrogen-bond acceptors (Lipinski definition) is 4. The summed E-state index contributed by atoms with van der Waals surface area (Å²) in [4.78, 5) is 32.6. The summed E-state index contributed by atoms with van der Waals surface area (Å²) >= 11 is 0. The zero-order chi connectivity index (χ0) is 23.1. The fraction of sp³-hybridized carbons (Fsp3) is 0.654. The number of amides is 2. The van der Waals surface area contributed by atoms with Gasteiger partial charge in [-0.3, -0.25) is 14.5 Å². The minimum Gasteiger partial charge on any atom is -0.330 e. The van der Waals surface area contributed by atoms with Crippen molar-refractivity contribution in [2.45, 2.75) is 76.0 Å². The van der Waals surface area contributed by atoms with E-state index in [0.717, 1.165) is 44.2 Å². The maximum atomic E-state index is 13.6. The molecule has 6 nitrogen and oxygen atoms in total. The zero-order valence-corrected chi connectivity index (χ0v) is 19.3. The van der Waals surface area contributed by atoms with Crippen molar-refractivity contribution in [3.63, 3.8) is 0 Å². The van der Waals surface area contributed by atoms with Crippen molar-refractivity contribution < 1.29 is 14.0 Å². The van der Waals surface area contributed by atoms with E-state index in [-0.39, 0.29) is 47.7 Å². The van der Waals surface area contributed by atoms with Crippen molar-refractivity contribution in [1.82, 2.24) is 14.7 Å². The molecule has 0 unspecified atom stereocenters. The maximum absolute atomic E-state index is 13.6. The summed E-state index contributed by atoms with van der Waals surface area (Å²) in [6, 6.07) is 8.60. The summed E-state index contributed by atoms with van der Waals surface area (Å²) < 4.78 is 13.6. The number of carbonyl (C=O) groups excluding carboxylic acids is 2. The van der Waals surface area contributed by atoms with Crippen LogP contribution >= 0.6 is 0 Å². The lowest BCUT2D eigenvalue weighted by molar-refractivity contribution is -0.143. The molecule has 0 radical (unpaired) electrons. The Morgan fingerprint density at radius 1 is 1.18 bits per heavy atom. The molecule has 4 aliphatic rings. The molecule has 5 rings (SSSR count). The van der Waals surface area contributed by atoms with Gasteiger partial charge in [0.1, 0.15) is 11.9 Å². The van der Waals surface area contributed by atoms with Crippen LogP contribution < -0.4 is 0 Å². The molecule has 1 aliphatic carbocycles. The Kier molecular flexibility index (Phi) is 6.13. The molecule has 3 aliphatic heterocycles. The highest BCUT2D eigenvalue weighted by atomic mass is 19.1. The topological polar surface area (TPSA) is 67.7 Å². The number of fused-ring (bicyclic) bond motifs is 2. The van der Waals surface area contributed by atoms with E-state index in [4.69, 9.17) is 0 Å². The van der Waals surface area contributed by atoms with Gasteiger partial charge in [-0.2, -0.15) is 5.26 Å². The van der Waals surface area contributed by atoms with Gasteiger partial charge in [0.15, 0.2) is 0 Å². The summed E-state index contributed by atoms with van der Waals surface area (Å²) in [6.07, 6.45) is 7.01. The molecule has 0 N–H and O–H groups in total. The lowest BCUT2D eigenvalue weighted by Crippen LogP contribution is -2.54. The third-order valence-corrected chi connectivity index (χ3v) is 8.29. The van der Waals surface area contributed by atoms with Crippen LogP contribution in [-0.4, -0.2) is 64.3 Å². The Hall–Kier alpha value is -2.46. The van der Waals surface area contributed by atoms with Gasteiger partial charge < -0.3 is 9.80 Å². The molecule has 7 heteroatoms. The summed E-state index contributed by atoms with van der Waals surface area (Å²) in [7, 11) is 0. The number of likely N-dealkylation sites (tertiary alicyclic amines) is 3. The Morgan fingerprint density at radius 2 is 1.91 bits per heavy atom. The van der Waals surface area contributed by atoms with Crippen LogP contribution in [0.25, 0.3) is 0 Å². The smallest absolute Gasteiger partial charge is 0.240 e. The molecule has 3 heterocycles. The number of halogens is 1. The molecule has 33 heavy (non-hydrogen) atoms. The van der Waals surface area contributed by atoms with Gasteiger partial charge in [0.25, 0.3) is 0 Å². The first kappa shape index (κ1) is 22.3. The number of benzene rings is 1. The Labute approximate surface area is 195 Å². The van der Waals surface area contributed by atoms with Crippen molar-refractivity contribution in [2.24, 2.45) is 11.8 Å². The molecule has 2 amide bonds. The van der Waals surface area contributed by atoms with E-state index in [0.29, 0.717) is 19.0 Å². The standard InChI is InChI=1S/C26H33FN4O2/c1-17(25(32)30-12-4-7-21(30)14-28)15-29-16-22-13-23(29)26(33)31(22)24(18-5-2-3-6-18)19-8-10-20(27)11-9-19/h8-11,17-18,21-24H,2-7,12-13,15-16H2,1H3/t17-,21-,22+,23+,24+/m0/s1. The predicted molar refractivity (Wildman–Crippen MR) is 121 cm³/mol. The van der Waals surface area contributed by atoms with Crippen molar-refractivity contribution >= 4 is 11.8 Å². The maximum Gasteiger partial charge on any atom is 0.240 e. The summed E-state index contributed by atoms with van der Waals surface area (Å²) in [5.41, 5.74) is 1.04. The van der Waals surface area contributed by atoms with E-state index in [1.54, 1.807) is 4.90 Å². The first-order chi connectivity index (χ1) is 16.0. The fourth-order valence-electron chi connectivity index (χ4n) is 6.73. The molecule has 1 aromatic rings. The number of hydrogen-bond donors (Lipinski definition) is 0. The average Bonchev–Trinajstić information content (AvgIpc) is 3.60. The molecule has 176 valence electrons. The predicted octanol–water partition coefficient (Wildman–Crippen LogP) is 3.49. The highest BCUT2D eigenvalue weighted by Crippen LogP contribution is 2.46. The molecule has 5 atom stereocenters. The van der Waals surface area contributed by atoms with Crippen LogP contribution in [0.4, 0.5) is 4.39 Å². The van der Waals surface area contributed by atoms with Gasteiger partial charge in [-0.1, -0.05) is 31.9 Å². The van der Waals surface area contributed by atoms with Crippen LogP contribution in [0.1, 0.15) is 63.5 Å². The summed E-state index contributed by atoms with van der Waals surface area (Å²) in [5.74, 6) is 0.122. The zero-order valence-electron chi connectivity index (χ0n) is 19.3. The van der Waals surface area contributed by atoms with Crippen LogP contribution in [0.2, 0.25) is 0 Å². The number of nitriles is 1. The average molecular weight is 453 g/mol. The molecule has 0 spiro atoms.